The molecule has 254 valence electrons. The van der Waals surface area contributed by atoms with Gasteiger partial charge in [0.2, 0.25) is 0 Å². The molecule has 0 fully saturated rings. The highest BCUT2D eigenvalue weighted by Crippen LogP contribution is 2.44. The first-order valence-electron chi connectivity index (χ1n) is 18.6. The zero-order chi connectivity index (χ0) is 35.8. The van der Waals surface area contributed by atoms with Gasteiger partial charge in [0.1, 0.15) is 0 Å². The summed E-state index contributed by atoms with van der Waals surface area (Å²) in [5.74, 6) is 0.688. The molecule has 3 heteroatoms. The van der Waals surface area contributed by atoms with Gasteiger partial charge in [-0.1, -0.05) is 152 Å². The third-order valence-electron chi connectivity index (χ3n) is 10.6. The van der Waals surface area contributed by atoms with Crippen molar-refractivity contribution >= 4 is 37.9 Å². The predicted octanol–water partition coefficient (Wildman–Crippen LogP) is 13.4. The Morgan fingerprint density at radius 1 is 0.444 bits per heavy atom. The summed E-state index contributed by atoms with van der Waals surface area (Å²) in [5.41, 5.74) is 12.1. The van der Waals surface area contributed by atoms with Gasteiger partial charge in [-0.2, -0.15) is 0 Å². The first-order valence-corrected chi connectivity index (χ1v) is 18.6. The molecule has 2 aromatic heterocycles. The number of allylic oxidation sites excluding steroid dienone is 4. The molecule has 3 nitrogen and oxygen atoms in total. The van der Waals surface area contributed by atoms with E-state index in [1.54, 1.807) is 6.20 Å². The smallest absolute Gasteiger partial charge is 0.160 e. The van der Waals surface area contributed by atoms with Crippen molar-refractivity contribution in [2.75, 3.05) is 0 Å². The molecule has 0 spiro atoms. The van der Waals surface area contributed by atoms with Crippen LogP contribution in [0.4, 0.5) is 0 Å². The van der Waals surface area contributed by atoms with Gasteiger partial charge in [-0.25, -0.2) is 9.97 Å². The van der Waals surface area contributed by atoms with Crippen molar-refractivity contribution in [1.29, 1.82) is 0 Å². The Morgan fingerprint density at radius 2 is 1.06 bits per heavy atom. The summed E-state index contributed by atoms with van der Waals surface area (Å²) in [4.78, 5) is 15.0. The Morgan fingerprint density at radius 3 is 1.80 bits per heavy atom. The molecule has 0 radical (unpaired) electrons. The summed E-state index contributed by atoms with van der Waals surface area (Å²) in [6.45, 7) is 0. The van der Waals surface area contributed by atoms with Gasteiger partial charge in [-0.3, -0.25) is 4.98 Å². The highest BCUT2D eigenvalue weighted by Gasteiger charge is 2.19. The minimum Gasteiger partial charge on any atom is -0.264 e. The van der Waals surface area contributed by atoms with Gasteiger partial charge >= 0.3 is 0 Å². The fourth-order valence-corrected chi connectivity index (χ4v) is 8.11. The Bertz CT molecular complexity index is 2880. The Kier molecular flexibility index (Phi) is 7.96. The van der Waals surface area contributed by atoms with Crippen molar-refractivity contribution in [2.24, 2.45) is 0 Å². The monoisotopic (exact) mass is 689 g/mol. The molecular formula is C51H35N3. The van der Waals surface area contributed by atoms with Crippen LogP contribution in [-0.4, -0.2) is 15.0 Å². The topological polar surface area (TPSA) is 38.7 Å². The average Bonchev–Trinajstić information content (AvgIpc) is 3.26. The quantitative estimate of drug-likeness (QED) is 0.163. The fraction of sp³-hybridized carbons (Fsp3) is 0.0392. The summed E-state index contributed by atoms with van der Waals surface area (Å²) in [7, 11) is 0. The number of hydrogen-bond acceptors (Lipinski definition) is 3. The van der Waals surface area contributed by atoms with E-state index in [0.717, 1.165) is 63.0 Å². The lowest BCUT2D eigenvalue weighted by Gasteiger charge is -2.20. The van der Waals surface area contributed by atoms with Crippen LogP contribution in [0.1, 0.15) is 18.4 Å². The van der Waals surface area contributed by atoms with Crippen LogP contribution in [0.2, 0.25) is 0 Å². The molecule has 9 aromatic rings. The van der Waals surface area contributed by atoms with Gasteiger partial charge in [-0.15, -0.1) is 0 Å². The van der Waals surface area contributed by atoms with Crippen LogP contribution in [0.15, 0.2) is 188 Å². The minimum atomic E-state index is 0.688. The molecule has 2 heterocycles. The van der Waals surface area contributed by atoms with E-state index >= 15 is 0 Å². The lowest BCUT2D eigenvalue weighted by molar-refractivity contribution is 1.06. The second-order valence-corrected chi connectivity index (χ2v) is 13.9. The first kappa shape index (κ1) is 31.7. The van der Waals surface area contributed by atoms with Crippen LogP contribution in [0.3, 0.4) is 0 Å². The Labute approximate surface area is 314 Å². The number of benzene rings is 7. The Hall–Kier alpha value is -6.97. The van der Waals surface area contributed by atoms with Crippen molar-refractivity contribution < 1.29 is 0 Å². The normalized spacial score (nSPS) is 12.7. The zero-order valence-electron chi connectivity index (χ0n) is 29.7. The van der Waals surface area contributed by atoms with Crippen molar-refractivity contribution in [3.8, 4) is 56.2 Å². The van der Waals surface area contributed by atoms with E-state index < -0.39 is 0 Å². The number of hydrogen-bond donors (Lipinski definition) is 0. The maximum absolute atomic E-state index is 5.33. The molecule has 0 atom stereocenters. The number of nitrogens with zero attached hydrogens (tertiary/aromatic N) is 3. The number of aromatic nitrogens is 3. The van der Waals surface area contributed by atoms with Crippen LogP contribution in [-0.2, 0) is 0 Å². The summed E-state index contributed by atoms with van der Waals surface area (Å²) < 4.78 is 0. The van der Waals surface area contributed by atoms with E-state index in [9.17, 15) is 0 Å². The zero-order valence-corrected chi connectivity index (χ0v) is 29.7. The van der Waals surface area contributed by atoms with Gasteiger partial charge in [0.05, 0.1) is 11.4 Å². The molecule has 0 N–H and O–H groups in total. The molecule has 10 rings (SSSR count). The molecule has 54 heavy (non-hydrogen) atoms. The lowest BCUT2D eigenvalue weighted by atomic mass is 9.84. The van der Waals surface area contributed by atoms with E-state index in [2.05, 4.69) is 175 Å². The SMILES string of the molecule is C1=CCCC(c2c3ccccc3c(-c3cccc(-c4nc(-c5cccc(-c6cccnc6)c5)cc(-c5cccc6ccccc56)n4)c3)c3ccccc23)=C1. The molecule has 0 saturated heterocycles. The van der Waals surface area contributed by atoms with Crippen LogP contribution in [0.25, 0.3) is 94.0 Å². The molecular weight excluding hydrogens is 655 g/mol. The van der Waals surface area contributed by atoms with E-state index in [4.69, 9.17) is 9.97 Å². The van der Waals surface area contributed by atoms with Crippen LogP contribution < -0.4 is 0 Å². The van der Waals surface area contributed by atoms with Crippen molar-refractivity contribution in [3.63, 3.8) is 0 Å². The second kappa shape index (κ2) is 13.5. The highest BCUT2D eigenvalue weighted by molar-refractivity contribution is 6.19. The summed E-state index contributed by atoms with van der Waals surface area (Å²) in [6, 6.07) is 56.2. The molecule has 0 unspecified atom stereocenters. The minimum absolute atomic E-state index is 0.688. The third kappa shape index (κ3) is 5.67. The van der Waals surface area contributed by atoms with Crippen molar-refractivity contribution in [1.82, 2.24) is 15.0 Å². The van der Waals surface area contributed by atoms with Gasteiger partial charge in [-0.05, 0) is 97.3 Å². The number of pyridine rings is 1. The Balaban J connectivity index is 1.19. The highest BCUT2D eigenvalue weighted by atomic mass is 14.9. The molecule has 1 aliphatic carbocycles. The molecule has 0 aliphatic heterocycles. The fourth-order valence-electron chi connectivity index (χ4n) is 8.11. The summed E-state index contributed by atoms with van der Waals surface area (Å²) in [5, 5.41) is 7.40. The molecule has 1 aliphatic rings. The standard InChI is InChI=1S/C51H35N3/c1-2-15-35(16-3-1)49-43-24-6-8-26-45(43)50(46-27-9-7-25-44(46)49)38-20-11-21-39(31-38)51-53-47(37-19-10-18-36(30-37)40-22-13-29-52-33-40)32-48(54-51)42-28-12-17-34-14-4-5-23-41(34)42/h1-2,4-15,17-33H,3,16H2. The molecule has 0 saturated carbocycles. The predicted molar refractivity (Wildman–Crippen MR) is 226 cm³/mol. The molecule has 0 amide bonds. The van der Waals surface area contributed by atoms with Crippen LogP contribution in [0.5, 0.6) is 0 Å². The van der Waals surface area contributed by atoms with Gasteiger partial charge in [0.15, 0.2) is 5.82 Å². The van der Waals surface area contributed by atoms with Crippen molar-refractivity contribution in [3.05, 3.63) is 194 Å². The molecule has 0 bridgehead atoms. The lowest BCUT2D eigenvalue weighted by Crippen LogP contribution is -1.97. The summed E-state index contributed by atoms with van der Waals surface area (Å²) in [6.07, 6.45) is 12.6. The van der Waals surface area contributed by atoms with E-state index in [0.29, 0.717) is 5.82 Å². The number of fused-ring (bicyclic) bond motifs is 3. The van der Waals surface area contributed by atoms with Crippen LogP contribution >= 0.6 is 0 Å². The summed E-state index contributed by atoms with van der Waals surface area (Å²) >= 11 is 0. The van der Waals surface area contributed by atoms with Gasteiger partial charge in [0, 0.05) is 34.6 Å². The van der Waals surface area contributed by atoms with Crippen LogP contribution in [0, 0.1) is 0 Å². The maximum atomic E-state index is 5.33. The van der Waals surface area contributed by atoms with Gasteiger partial charge in [0.25, 0.3) is 0 Å². The van der Waals surface area contributed by atoms with E-state index in [1.165, 1.54) is 43.6 Å². The average molecular weight is 690 g/mol. The van der Waals surface area contributed by atoms with E-state index in [-0.39, 0.29) is 0 Å². The van der Waals surface area contributed by atoms with Gasteiger partial charge < -0.3 is 0 Å². The third-order valence-corrected chi connectivity index (χ3v) is 10.6. The maximum Gasteiger partial charge on any atom is 0.160 e. The largest absolute Gasteiger partial charge is 0.264 e. The van der Waals surface area contributed by atoms with E-state index in [1.807, 2.05) is 12.3 Å². The number of rotatable bonds is 6. The second-order valence-electron chi connectivity index (χ2n) is 13.9. The van der Waals surface area contributed by atoms with Crippen molar-refractivity contribution in [2.45, 2.75) is 12.8 Å². The molecule has 7 aromatic carbocycles. The first-order chi connectivity index (χ1) is 26.8.